The van der Waals surface area contributed by atoms with Crippen LogP contribution in [0.5, 0.6) is 0 Å². The van der Waals surface area contributed by atoms with Crippen molar-refractivity contribution >= 4 is 16.9 Å². The third-order valence-corrected chi connectivity index (χ3v) is 4.73. The number of aromatic nitrogens is 4. The van der Waals surface area contributed by atoms with Gasteiger partial charge in [0, 0.05) is 19.6 Å². The van der Waals surface area contributed by atoms with Crippen LogP contribution in [0.15, 0.2) is 6.20 Å². The average Bonchev–Trinajstić information content (AvgIpc) is 2.78. The lowest BCUT2D eigenvalue weighted by Gasteiger charge is -2.40. The minimum atomic E-state index is 0.522. The van der Waals surface area contributed by atoms with Crippen molar-refractivity contribution < 1.29 is 0 Å². The van der Waals surface area contributed by atoms with Gasteiger partial charge in [-0.05, 0) is 25.2 Å². The smallest absolute Gasteiger partial charge is 0.163 e. The summed E-state index contributed by atoms with van der Waals surface area (Å²) in [5.74, 6) is 2.73. The van der Waals surface area contributed by atoms with E-state index in [9.17, 15) is 0 Å². The summed E-state index contributed by atoms with van der Waals surface area (Å²) >= 11 is 0. The Bertz CT molecular complexity index is 649. The number of likely N-dealkylation sites (tertiary alicyclic amines) is 1. The van der Waals surface area contributed by atoms with Crippen LogP contribution in [0.3, 0.4) is 0 Å². The molecule has 3 atom stereocenters. The highest BCUT2D eigenvalue weighted by molar-refractivity contribution is 5.84. The van der Waals surface area contributed by atoms with Crippen LogP contribution in [-0.2, 0) is 13.6 Å². The summed E-state index contributed by atoms with van der Waals surface area (Å²) in [6.45, 7) is 8.78. The van der Waals surface area contributed by atoms with Gasteiger partial charge in [-0.15, -0.1) is 0 Å². The standard InChI is InChI=1S/C15H24N6/c1-9-5-10(2)11(3)21(7-9)8-13-18-14(16)12-6-17-20(4)15(12)19-13/h6,9-11H,5,7-8H2,1-4H3,(H2,16,18,19). The molecule has 21 heavy (non-hydrogen) atoms. The number of piperidine rings is 1. The first-order chi connectivity index (χ1) is 9.95. The molecular formula is C15H24N6. The second-order valence-corrected chi connectivity index (χ2v) is 6.52. The third kappa shape index (κ3) is 2.60. The summed E-state index contributed by atoms with van der Waals surface area (Å²) in [5, 5.41) is 5.03. The van der Waals surface area contributed by atoms with Crippen molar-refractivity contribution in [2.75, 3.05) is 12.3 Å². The summed E-state index contributed by atoms with van der Waals surface area (Å²) in [5.41, 5.74) is 6.85. The third-order valence-electron chi connectivity index (χ3n) is 4.73. The van der Waals surface area contributed by atoms with Crippen LogP contribution in [-0.4, -0.2) is 37.2 Å². The number of anilines is 1. The van der Waals surface area contributed by atoms with Gasteiger partial charge in [-0.2, -0.15) is 5.10 Å². The Morgan fingerprint density at radius 1 is 1.29 bits per heavy atom. The van der Waals surface area contributed by atoms with Crippen LogP contribution in [0.4, 0.5) is 5.82 Å². The van der Waals surface area contributed by atoms with E-state index in [-0.39, 0.29) is 0 Å². The van der Waals surface area contributed by atoms with Crippen molar-refractivity contribution in [2.24, 2.45) is 18.9 Å². The van der Waals surface area contributed by atoms with E-state index in [0.717, 1.165) is 29.9 Å². The normalized spacial score (nSPS) is 27.3. The van der Waals surface area contributed by atoms with Crippen molar-refractivity contribution in [1.82, 2.24) is 24.6 Å². The molecule has 3 heterocycles. The van der Waals surface area contributed by atoms with Gasteiger partial charge >= 0.3 is 0 Å². The molecule has 3 rings (SSSR count). The molecule has 2 N–H and O–H groups in total. The van der Waals surface area contributed by atoms with Gasteiger partial charge < -0.3 is 5.73 Å². The molecule has 6 heteroatoms. The molecule has 0 aliphatic carbocycles. The van der Waals surface area contributed by atoms with Gasteiger partial charge in [-0.1, -0.05) is 13.8 Å². The molecule has 0 spiro atoms. The monoisotopic (exact) mass is 288 g/mol. The van der Waals surface area contributed by atoms with Gasteiger partial charge in [0.1, 0.15) is 11.6 Å². The fourth-order valence-electron chi connectivity index (χ4n) is 3.38. The van der Waals surface area contributed by atoms with Gasteiger partial charge in [0.05, 0.1) is 18.1 Å². The highest BCUT2D eigenvalue weighted by Crippen LogP contribution is 2.28. The molecule has 0 amide bonds. The first-order valence-corrected chi connectivity index (χ1v) is 7.64. The molecule has 0 saturated carbocycles. The summed E-state index contributed by atoms with van der Waals surface area (Å²) in [7, 11) is 1.88. The molecule has 1 aliphatic heterocycles. The molecular weight excluding hydrogens is 264 g/mol. The summed E-state index contributed by atoms with van der Waals surface area (Å²) in [6.07, 6.45) is 3.02. The Labute approximate surface area is 125 Å². The van der Waals surface area contributed by atoms with Crippen molar-refractivity contribution in [3.05, 3.63) is 12.0 Å². The number of hydrogen-bond acceptors (Lipinski definition) is 5. The van der Waals surface area contributed by atoms with E-state index in [2.05, 4.69) is 40.7 Å². The van der Waals surface area contributed by atoms with E-state index in [4.69, 9.17) is 5.73 Å². The van der Waals surface area contributed by atoms with E-state index in [1.807, 2.05) is 7.05 Å². The molecule has 6 nitrogen and oxygen atoms in total. The zero-order valence-electron chi connectivity index (χ0n) is 13.2. The molecule has 1 aliphatic rings. The lowest BCUT2D eigenvalue weighted by Crippen LogP contribution is -2.45. The largest absolute Gasteiger partial charge is 0.383 e. The van der Waals surface area contributed by atoms with E-state index < -0.39 is 0 Å². The Kier molecular flexibility index (Phi) is 3.57. The Morgan fingerprint density at radius 3 is 2.81 bits per heavy atom. The lowest BCUT2D eigenvalue weighted by molar-refractivity contribution is 0.0707. The second-order valence-electron chi connectivity index (χ2n) is 6.52. The zero-order valence-corrected chi connectivity index (χ0v) is 13.2. The maximum absolute atomic E-state index is 6.04. The van der Waals surface area contributed by atoms with Gasteiger partial charge in [0.25, 0.3) is 0 Å². The van der Waals surface area contributed by atoms with Crippen molar-refractivity contribution in [3.63, 3.8) is 0 Å². The fourth-order valence-corrected chi connectivity index (χ4v) is 3.38. The number of rotatable bonds is 2. The van der Waals surface area contributed by atoms with E-state index >= 15 is 0 Å². The van der Waals surface area contributed by atoms with Crippen LogP contribution < -0.4 is 5.73 Å². The van der Waals surface area contributed by atoms with Crippen LogP contribution >= 0.6 is 0 Å². The zero-order chi connectivity index (χ0) is 15.1. The molecule has 0 radical (unpaired) electrons. The van der Waals surface area contributed by atoms with Gasteiger partial charge in [0.15, 0.2) is 5.65 Å². The molecule has 1 fully saturated rings. The first kappa shape index (κ1) is 14.3. The molecule has 114 valence electrons. The summed E-state index contributed by atoms with van der Waals surface area (Å²) in [6, 6.07) is 0.549. The Balaban J connectivity index is 1.89. The molecule has 1 saturated heterocycles. The van der Waals surface area contributed by atoms with Crippen molar-refractivity contribution in [1.29, 1.82) is 0 Å². The van der Waals surface area contributed by atoms with Crippen molar-refractivity contribution in [3.8, 4) is 0 Å². The van der Waals surface area contributed by atoms with Gasteiger partial charge in [0.2, 0.25) is 0 Å². The minimum Gasteiger partial charge on any atom is -0.383 e. The van der Waals surface area contributed by atoms with E-state index in [1.165, 1.54) is 6.42 Å². The van der Waals surface area contributed by atoms with Crippen LogP contribution in [0.25, 0.3) is 11.0 Å². The molecule has 3 unspecified atom stereocenters. The van der Waals surface area contributed by atoms with E-state index in [0.29, 0.717) is 23.7 Å². The van der Waals surface area contributed by atoms with E-state index in [1.54, 1.807) is 10.9 Å². The Morgan fingerprint density at radius 2 is 2.05 bits per heavy atom. The predicted molar refractivity (Wildman–Crippen MR) is 83.5 cm³/mol. The summed E-state index contributed by atoms with van der Waals surface area (Å²) < 4.78 is 1.75. The minimum absolute atomic E-state index is 0.522. The fraction of sp³-hybridized carbons (Fsp3) is 0.667. The molecule has 0 bridgehead atoms. The Hall–Kier alpha value is -1.69. The predicted octanol–water partition coefficient (Wildman–Crippen LogP) is 1.81. The number of hydrogen-bond donors (Lipinski definition) is 1. The van der Waals surface area contributed by atoms with Crippen LogP contribution in [0.2, 0.25) is 0 Å². The van der Waals surface area contributed by atoms with Gasteiger partial charge in [-0.3, -0.25) is 9.58 Å². The lowest BCUT2D eigenvalue weighted by atomic mass is 9.86. The van der Waals surface area contributed by atoms with Crippen LogP contribution in [0.1, 0.15) is 33.0 Å². The van der Waals surface area contributed by atoms with Crippen LogP contribution in [0, 0.1) is 11.8 Å². The second kappa shape index (κ2) is 5.26. The molecule has 2 aromatic heterocycles. The molecule has 0 aromatic carbocycles. The van der Waals surface area contributed by atoms with Crippen molar-refractivity contribution in [2.45, 2.75) is 39.8 Å². The SMILES string of the molecule is CC1CC(C)C(C)N(Cc2nc(N)c3cnn(C)c3n2)C1. The number of aryl methyl sites for hydroxylation is 1. The highest BCUT2D eigenvalue weighted by atomic mass is 15.3. The quantitative estimate of drug-likeness (QED) is 0.912. The topological polar surface area (TPSA) is 72.9 Å². The number of nitrogen functional groups attached to an aromatic ring is 1. The maximum Gasteiger partial charge on any atom is 0.163 e. The number of fused-ring (bicyclic) bond motifs is 1. The highest BCUT2D eigenvalue weighted by Gasteiger charge is 2.29. The maximum atomic E-state index is 6.04. The average molecular weight is 288 g/mol. The number of nitrogens with zero attached hydrogens (tertiary/aromatic N) is 5. The first-order valence-electron chi connectivity index (χ1n) is 7.64. The number of nitrogens with two attached hydrogens (primary N) is 1. The van der Waals surface area contributed by atoms with Gasteiger partial charge in [-0.25, -0.2) is 9.97 Å². The summed E-state index contributed by atoms with van der Waals surface area (Å²) in [4.78, 5) is 11.6. The molecule has 2 aromatic rings.